The van der Waals surface area contributed by atoms with Gasteiger partial charge in [0.1, 0.15) is 23.2 Å². The Morgan fingerprint density at radius 3 is 2.90 bits per heavy atom. The van der Waals surface area contributed by atoms with Crippen LogP contribution in [0.15, 0.2) is 23.6 Å². The fourth-order valence-corrected chi connectivity index (χ4v) is 2.70. The number of halogens is 1. The number of rotatable bonds is 6. The van der Waals surface area contributed by atoms with E-state index in [9.17, 15) is 4.39 Å². The molecule has 0 saturated carbocycles. The Kier molecular flexibility index (Phi) is 5.09. The fraction of sp³-hybridized carbons (Fsp3) is 0.400. The van der Waals surface area contributed by atoms with Crippen molar-refractivity contribution in [3.63, 3.8) is 0 Å². The molecule has 1 atom stereocenters. The van der Waals surface area contributed by atoms with E-state index < -0.39 is 0 Å². The molecule has 0 spiro atoms. The highest BCUT2D eigenvalue weighted by Crippen LogP contribution is 2.27. The summed E-state index contributed by atoms with van der Waals surface area (Å²) in [6.45, 7) is 7.21. The zero-order valence-corrected chi connectivity index (χ0v) is 12.8. The summed E-state index contributed by atoms with van der Waals surface area (Å²) in [5.74, 6) is 0.454. The molecule has 0 fully saturated rings. The lowest BCUT2D eigenvalue weighted by Gasteiger charge is -2.17. The first-order valence-electron chi connectivity index (χ1n) is 6.66. The Hall–Kier alpha value is -1.46. The first kappa shape index (κ1) is 14.9. The summed E-state index contributed by atoms with van der Waals surface area (Å²) in [6.07, 6.45) is 0. The first-order valence-corrected chi connectivity index (χ1v) is 7.54. The average Bonchev–Trinajstić information content (AvgIpc) is 2.83. The summed E-state index contributed by atoms with van der Waals surface area (Å²) >= 11 is 1.57. The van der Waals surface area contributed by atoms with Crippen molar-refractivity contribution in [3.05, 3.63) is 45.7 Å². The van der Waals surface area contributed by atoms with Gasteiger partial charge in [0, 0.05) is 22.7 Å². The van der Waals surface area contributed by atoms with E-state index in [2.05, 4.69) is 10.3 Å². The normalized spacial score (nSPS) is 12.4. The van der Waals surface area contributed by atoms with Gasteiger partial charge in [-0.25, -0.2) is 9.37 Å². The molecule has 3 nitrogen and oxygen atoms in total. The summed E-state index contributed by atoms with van der Waals surface area (Å²) < 4.78 is 19.2. The minimum atomic E-state index is -0.248. The number of aryl methyl sites for hydroxylation is 1. The summed E-state index contributed by atoms with van der Waals surface area (Å²) in [4.78, 5) is 4.36. The van der Waals surface area contributed by atoms with Crippen LogP contribution in [0.2, 0.25) is 0 Å². The van der Waals surface area contributed by atoms with E-state index in [1.54, 1.807) is 17.4 Å². The molecular formula is C15H19FN2OS. The van der Waals surface area contributed by atoms with Crippen LogP contribution in [0.25, 0.3) is 0 Å². The smallest absolute Gasteiger partial charge is 0.140 e. The Bertz CT molecular complexity index is 571. The van der Waals surface area contributed by atoms with Crippen molar-refractivity contribution in [1.29, 1.82) is 0 Å². The van der Waals surface area contributed by atoms with Crippen molar-refractivity contribution in [2.45, 2.75) is 33.4 Å². The lowest BCUT2D eigenvalue weighted by Crippen LogP contribution is -2.18. The van der Waals surface area contributed by atoms with Gasteiger partial charge in [-0.2, -0.15) is 0 Å². The molecule has 0 aliphatic rings. The average molecular weight is 294 g/mol. The second-order valence-corrected chi connectivity index (χ2v) is 5.58. The van der Waals surface area contributed by atoms with Crippen LogP contribution in [0.3, 0.4) is 0 Å². The third-order valence-corrected chi connectivity index (χ3v) is 3.91. The summed E-state index contributed by atoms with van der Waals surface area (Å²) in [6, 6.07) is 4.67. The van der Waals surface area contributed by atoms with E-state index in [4.69, 9.17) is 4.74 Å². The SMILES string of the molecule is CCNC(C)c1cc(F)ccc1OCc1nc(C)cs1. The molecule has 20 heavy (non-hydrogen) atoms. The third kappa shape index (κ3) is 3.77. The maximum absolute atomic E-state index is 13.4. The van der Waals surface area contributed by atoms with Gasteiger partial charge in [0.2, 0.25) is 0 Å². The summed E-state index contributed by atoms with van der Waals surface area (Å²) in [5, 5.41) is 6.19. The molecule has 2 rings (SSSR count). The standard InChI is InChI=1S/C15H19FN2OS/c1-4-17-11(3)13-7-12(16)5-6-14(13)19-8-15-18-10(2)9-20-15/h5-7,9,11,17H,4,8H2,1-3H3. The largest absolute Gasteiger partial charge is 0.486 e. The van der Waals surface area contributed by atoms with Crippen LogP contribution in [0.1, 0.15) is 36.2 Å². The number of nitrogens with one attached hydrogen (secondary N) is 1. The zero-order chi connectivity index (χ0) is 14.5. The number of aromatic nitrogens is 1. The molecule has 2 aromatic rings. The fourth-order valence-electron chi connectivity index (χ4n) is 2.01. The van der Waals surface area contributed by atoms with Crippen LogP contribution in [-0.2, 0) is 6.61 Å². The van der Waals surface area contributed by atoms with Crippen molar-refractivity contribution >= 4 is 11.3 Å². The highest BCUT2D eigenvalue weighted by atomic mass is 32.1. The number of ether oxygens (including phenoxy) is 1. The molecular weight excluding hydrogens is 275 g/mol. The van der Waals surface area contributed by atoms with E-state index in [-0.39, 0.29) is 11.9 Å². The van der Waals surface area contributed by atoms with Gasteiger partial charge < -0.3 is 10.1 Å². The molecule has 0 aliphatic carbocycles. The highest BCUT2D eigenvalue weighted by Gasteiger charge is 2.13. The predicted octanol–water partition coefficient (Wildman–Crippen LogP) is 3.84. The van der Waals surface area contributed by atoms with Crippen LogP contribution < -0.4 is 10.1 Å². The van der Waals surface area contributed by atoms with Gasteiger partial charge in [0.05, 0.1) is 0 Å². The van der Waals surface area contributed by atoms with Crippen LogP contribution in [0.4, 0.5) is 4.39 Å². The highest BCUT2D eigenvalue weighted by molar-refractivity contribution is 7.09. The van der Waals surface area contributed by atoms with E-state index in [1.165, 1.54) is 12.1 Å². The molecule has 1 N–H and O–H groups in total. The molecule has 0 bridgehead atoms. The molecule has 0 aliphatic heterocycles. The molecule has 108 valence electrons. The topological polar surface area (TPSA) is 34.1 Å². The van der Waals surface area contributed by atoms with E-state index in [1.807, 2.05) is 26.2 Å². The quantitative estimate of drug-likeness (QED) is 0.879. The minimum Gasteiger partial charge on any atom is -0.486 e. The third-order valence-electron chi connectivity index (χ3n) is 2.97. The second kappa shape index (κ2) is 6.81. The maximum atomic E-state index is 13.4. The molecule has 1 unspecified atom stereocenters. The van der Waals surface area contributed by atoms with Crippen LogP contribution >= 0.6 is 11.3 Å². The molecule has 1 aromatic carbocycles. The van der Waals surface area contributed by atoms with Crippen molar-refractivity contribution in [3.8, 4) is 5.75 Å². The van der Waals surface area contributed by atoms with E-state index in [0.717, 1.165) is 22.8 Å². The molecule has 5 heteroatoms. The summed E-state index contributed by atoms with van der Waals surface area (Å²) in [7, 11) is 0. The van der Waals surface area contributed by atoms with Crippen molar-refractivity contribution in [2.75, 3.05) is 6.54 Å². The Morgan fingerprint density at radius 2 is 2.25 bits per heavy atom. The van der Waals surface area contributed by atoms with E-state index in [0.29, 0.717) is 12.4 Å². The Morgan fingerprint density at radius 1 is 1.45 bits per heavy atom. The van der Waals surface area contributed by atoms with Gasteiger partial charge in [-0.1, -0.05) is 6.92 Å². The lowest BCUT2D eigenvalue weighted by atomic mass is 10.1. The zero-order valence-electron chi connectivity index (χ0n) is 11.9. The van der Waals surface area contributed by atoms with E-state index >= 15 is 0 Å². The van der Waals surface area contributed by atoms with Crippen molar-refractivity contribution in [1.82, 2.24) is 10.3 Å². The second-order valence-electron chi connectivity index (χ2n) is 4.63. The van der Waals surface area contributed by atoms with Gasteiger partial charge in [0.15, 0.2) is 0 Å². The van der Waals surface area contributed by atoms with Gasteiger partial charge >= 0.3 is 0 Å². The minimum absolute atomic E-state index is 0.0451. The number of thiazole rings is 1. The van der Waals surface area contributed by atoms with Crippen LogP contribution in [-0.4, -0.2) is 11.5 Å². The van der Waals surface area contributed by atoms with Crippen molar-refractivity contribution < 1.29 is 9.13 Å². The van der Waals surface area contributed by atoms with Crippen LogP contribution in [0, 0.1) is 12.7 Å². The van der Waals surface area contributed by atoms with Gasteiger partial charge in [-0.05, 0) is 38.6 Å². The first-order chi connectivity index (χ1) is 9.60. The lowest BCUT2D eigenvalue weighted by molar-refractivity contribution is 0.298. The monoisotopic (exact) mass is 294 g/mol. The number of hydrogen-bond acceptors (Lipinski definition) is 4. The molecule has 0 amide bonds. The number of nitrogens with zero attached hydrogens (tertiary/aromatic N) is 1. The maximum Gasteiger partial charge on any atom is 0.140 e. The predicted molar refractivity (Wildman–Crippen MR) is 79.7 cm³/mol. The number of benzene rings is 1. The van der Waals surface area contributed by atoms with Gasteiger partial charge in [-0.15, -0.1) is 11.3 Å². The van der Waals surface area contributed by atoms with Gasteiger partial charge in [0.25, 0.3) is 0 Å². The Balaban J connectivity index is 2.13. The molecule has 1 heterocycles. The molecule has 0 saturated heterocycles. The molecule has 1 aromatic heterocycles. The Labute approximate surface area is 122 Å². The van der Waals surface area contributed by atoms with Crippen molar-refractivity contribution in [2.24, 2.45) is 0 Å². The number of hydrogen-bond donors (Lipinski definition) is 1. The van der Waals surface area contributed by atoms with Gasteiger partial charge in [-0.3, -0.25) is 0 Å². The molecule has 0 radical (unpaired) electrons. The summed E-state index contributed by atoms with van der Waals surface area (Å²) in [5.41, 5.74) is 1.83. The van der Waals surface area contributed by atoms with Crippen LogP contribution in [0.5, 0.6) is 5.75 Å².